The van der Waals surface area contributed by atoms with Gasteiger partial charge < -0.3 is 24.0 Å². The summed E-state index contributed by atoms with van der Waals surface area (Å²) in [4.78, 5) is 16.0. The molecule has 0 aromatic heterocycles. The second-order valence-electron chi connectivity index (χ2n) is 7.51. The van der Waals surface area contributed by atoms with Crippen molar-refractivity contribution in [1.82, 2.24) is 9.80 Å². The van der Waals surface area contributed by atoms with Crippen LogP contribution in [0.2, 0.25) is 0 Å². The molecule has 26 heavy (non-hydrogen) atoms. The molecule has 0 saturated carbocycles. The molecular formula is C20H42N2O4. The van der Waals surface area contributed by atoms with Crippen molar-refractivity contribution in [3.8, 4) is 0 Å². The Morgan fingerprint density at radius 2 is 1.35 bits per heavy atom. The van der Waals surface area contributed by atoms with Gasteiger partial charge in [0, 0.05) is 26.2 Å². The molecule has 0 aromatic rings. The molecule has 0 fully saturated rings. The first-order valence-electron chi connectivity index (χ1n) is 10.0. The van der Waals surface area contributed by atoms with E-state index in [0.29, 0.717) is 51.4 Å². The van der Waals surface area contributed by atoms with Crippen LogP contribution in [-0.2, 0) is 19.0 Å². The summed E-state index contributed by atoms with van der Waals surface area (Å²) in [6, 6.07) is 0.540. The van der Waals surface area contributed by atoms with E-state index in [1.54, 1.807) is 4.90 Å². The molecule has 6 nitrogen and oxygen atoms in total. The van der Waals surface area contributed by atoms with Crippen LogP contribution in [0.5, 0.6) is 0 Å². The van der Waals surface area contributed by atoms with Crippen molar-refractivity contribution in [1.29, 1.82) is 0 Å². The summed E-state index contributed by atoms with van der Waals surface area (Å²) in [7, 11) is 3.96. The van der Waals surface area contributed by atoms with E-state index in [4.69, 9.17) is 14.2 Å². The van der Waals surface area contributed by atoms with Gasteiger partial charge in [0.1, 0.15) is 0 Å². The number of rotatable bonds is 17. The maximum atomic E-state index is 11.9. The Labute approximate surface area is 161 Å². The average molecular weight is 375 g/mol. The minimum absolute atomic E-state index is 0.148. The lowest BCUT2D eigenvalue weighted by atomic mass is 10.1. The topological polar surface area (TPSA) is 51.2 Å². The molecular weight excluding hydrogens is 332 g/mol. The summed E-state index contributed by atoms with van der Waals surface area (Å²) in [5.74, 6) is 0.836. The monoisotopic (exact) mass is 374 g/mol. The fraction of sp³-hybridized carbons (Fsp3) is 0.950. The van der Waals surface area contributed by atoms with Crippen molar-refractivity contribution in [2.75, 3.05) is 66.8 Å². The van der Waals surface area contributed by atoms with Crippen molar-refractivity contribution >= 4 is 5.91 Å². The maximum absolute atomic E-state index is 11.9. The highest BCUT2D eigenvalue weighted by molar-refractivity contribution is 5.75. The Bertz CT molecular complexity index is 338. The minimum Gasteiger partial charge on any atom is -0.379 e. The molecule has 6 heteroatoms. The fourth-order valence-corrected chi connectivity index (χ4v) is 2.22. The first kappa shape index (κ1) is 25.3. The van der Waals surface area contributed by atoms with Crippen LogP contribution in [-0.4, -0.2) is 88.6 Å². The van der Waals surface area contributed by atoms with Gasteiger partial charge in [0.25, 0.3) is 0 Å². The molecule has 156 valence electrons. The molecule has 1 amide bonds. The quantitative estimate of drug-likeness (QED) is 0.366. The zero-order chi connectivity index (χ0) is 19.8. The summed E-state index contributed by atoms with van der Waals surface area (Å²) in [6.07, 6.45) is 2.65. The third-order valence-electron chi connectivity index (χ3n) is 4.37. The molecule has 0 saturated heterocycles. The summed E-state index contributed by atoms with van der Waals surface area (Å²) in [6.45, 7) is 13.9. The van der Waals surface area contributed by atoms with E-state index in [9.17, 15) is 4.79 Å². The molecule has 0 aliphatic carbocycles. The lowest BCUT2D eigenvalue weighted by Gasteiger charge is -2.20. The second kappa shape index (κ2) is 16.5. The van der Waals surface area contributed by atoms with Crippen molar-refractivity contribution in [2.24, 2.45) is 5.92 Å². The number of amides is 1. The van der Waals surface area contributed by atoms with Gasteiger partial charge in [-0.2, -0.15) is 0 Å². The van der Waals surface area contributed by atoms with E-state index < -0.39 is 0 Å². The first-order chi connectivity index (χ1) is 12.3. The van der Waals surface area contributed by atoms with Gasteiger partial charge in [-0.3, -0.25) is 4.79 Å². The zero-order valence-corrected chi connectivity index (χ0v) is 18.0. The Morgan fingerprint density at radius 3 is 1.88 bits per heavy atom. The third kappa shape index (κ3) is 15.6. The number of carbonyl (C=O) groups is 1. The van der Waals surface area contributed by atoms with Gasteiger partial charge in [0.2, 0.25) is 5.91 Å². The van der Waals surface area contributed by atoms with Gasteiger partial charge >= 0.3 is 0 Å². The van der Waals surface area contributed by atoms with Gasteiger partial charge in [0.05, 0.1) is 46.1 Å². The van der Waals surface area contributed by atoms with Gasteiger partial charge in [-0.25, -0.2) is 0 Å². The van der Waals surface area contributed by atoms with Crippen molar-refractivity contribution in [3.05, 3.63) is 0 Å². The SMILES string of the molecule is CC(C)CCCN(C)C(=O)CCOCCOCCOCCN(C)C(C)C. The number of ether oxygens (including phenoxy) is 3. The van der Waals surface area contributed by atoms with E-state index in [-0.39, 0.29) is 5.91 Å². The number of carbonyl (C=O) groups excluding carboxylic acids is 1. The smallest absolute Gasteiger partial charge is 0.224 e. The molecule has 0 bridgehead atoms. The first-order valence-corrected chi connectivity index (χ1v) is 10.0. The van der Waals surface area contributed by atoms with Crippen molar-refractivity contribution in [3.63, 3.8) is 0 Å². The maximum Gasteiger partial charge on any atom is 0.224 e. The van der Waals surface area contributed by atoms with E-state index in [1.165, 1.54) is 0 Å². The van der Waals surface area contributed by atoms with Crippen LogP contribution >= 0.6 is 0 Å². The van der Waals surface area contributed by atoms with Crippen molar-refractivity contribution < 1.29 is 19.0 Å². The van der Waals surface area contributed by atoms with Crippen LogP contribution < -0.4 is 0 Å². The number of hydrogen-bond donors (Lipinski definition) is 0. The Kier molecular flexibility index (Phi) is 16.0. The lowest BCUT2D eigenvalue weighted by Crippen LogP contribution is -2.30. The van der Waals surface area contributed by atoms with Crippen LogP contribution in [0.15, 0.2) is 0 Å². The standard InChI is InChI=1S/C20H42N2O4/c1-18(2)8-7-10-22(6)20(23)9-12-24-14-16-26-17-15-25-13-11-21(5)19(3)4/h18-19H,7-17H2,1-6H3. The normalized spacial score (nSPS) is 11.7. The molecule has 0 aromatic carbocycles. The molecule has 0 rings (SSSR count). The van der Waals surface area contributed by atoms with Gasteiger partial charge in [-0.1, -0.05) is 13.8 Å². The second-order valence-corrected chi connectivity index (χ2v) is 7.51. The highest BCUT2D eigenvalue weighted by Gasteiger charge is 2.08. The van der Waals surface area contributed by atoms with Gasteiger partial charge in [-0.15, -0.1) is 0 Å². The lowest BCUT2D eigenvalue weighted by molar-refractivity contribution is -0.131. The van der Waals surface area contributed by atoms with Gasteiger partial charge in [-0.05, 0) is 39.7 Å². The number of hydrogen-bond acceptors (Lipinski definition) is 5. The molecule has 0 radical (unpaired) electrons. The number of nitrogens with zero attached hydrogens (tertiary/aromatic N) is 2. The predicted octanol–water partition coefficient (Wildman–Crippen LogP) is 2.66. The average Bonchev–Trinajstić information content (AvgIpc) is 2.58. The third-order valence-corrected chi connectivity index (χ3v) is 4.37. The molecule has 0 unspecified atom stereocenters. The Hall–Kier alpha value is -0.690. The highest BCUT2D eigenvalue weighted by atomic mass is 16.5. The molecule has 0 N–H and O–H groups in total. The summed E-state index contributed by atoms with van der Waals surface area (Å²) in [5, 5.41) is 0. The fourth-order valence-electron chi connectivity index (χ4n) is 2.22. The van der Waals surface area contributed by atoms with E-state index in [1.807, 2.05) is 7.05 Å². The summed E-state index contributed by atoms with van der Waals surface area (Å²) < 4.78 is 16.5. The predicted molar refractivity (Wildman–Crippen MR) is 107 cm³/mol. The zero-order valence-electron chi connectivity index (χ0n) is 18.0. The highest BCUT2D eigenvalue weighted by Crippen LogP contribution is 2.04. The van der Waals surface area contributed by atoms with E-state index >= 15 is 0 Å². The van der Waals surface area contributed by atoms with Crippen LogP contribution in [0.3, 0.4) is 0 Å². The summed E-state index contributed by atoms with van der Waals surface area (Å²) in [5.41, 5.74) is 0. The van der Waals surface area contributed by atoms with Crippen LogP contribution in [0, 0.1) is 5.92 Å². The minimum atomic E-state index is 0.148. The number of likely N-dealkylation sites (N-methyl/N-ethyl adjacent to an activating group) is 1. The van der Waals surface area contributed by atoms with Crippen LogP contribution in [0.4, 0.5) is 0 Å². The molecule has 0 atom stereocenters. The molecule has 0 heterocycles. The Morgan fingerprint density at radius 1 is 0.808 bits per heavy atom. The van der Waals surface area contributed by atoms with Crippen molar-refractivity contribution in [2.45, 2.75) is 53.0 Å². The largest absolute Gasteiger partial charge is 0.379 e. The van der Waals surface area contributed by atoms with Crippen LogP contribution in [0.25, 0.3) is 0 Å². The van der Waals surface area contributed by atoms with Gasteiger partial charge in [0.15, 0.2) is 0 Å². The summed E-state index contributed by atoms with van der Waals surface area (Å²) >= 11 is 0. The molecule has 0 aliphatic rings. The Balaban J connectivity index is 3.36. The molecule has 0 aliphatic heterocycles. The van der Waals surface area contributed by atoms with Crippen LogP contribution in [0.1, 0.15) is 47.0 Å². The molecule has 0 spiro atoms. The van der Waals surface area contributed by atoms with E-state index in [2.05, 4.69) is 39.6 Å². The van der Waals surface area contributed by atoms with E-state index in [0.717, 1.165) is 32.5 Å².